The zero-order valence-electron chi connectivity index (χ0n) is 14.1. The van der Waals surface area contributed by atoms with Crippen molar-refractivity contribution in [2.45, 2.75) is 0 Å². The summed E-state index contributed by atoms with van der Waals surface area (Å²) in [6, 6.07) is 15.2. The van der Waals surface area contributed by atoms with Crippen LogP contribution >= 0.6 is 0 Å². The van der Waals surface area contributed by atoms with Gasteiger partial charge in [0, 0.05) is 34.8 Å². The van der Waals surface area contributed by atoms with E-state index in [0.717, 1.165) is 5.56 Å². The summed E-state index contributed by atoms with van der Waals surface area (Å²) in [6.45, 7) is 0. The van der Waals surface area contributed by atoms with Gasteiger partial charge in [-0.3, -0.25) is 14.6 Å². The number of carbonyl (C=O) groups excluding carboxylic acids is 2. The van der Waals surface area contributed by atoms with Crippen molar-refractivity contribution in [2.24, 2.45) is 5.10 Å². The number of anilines is 1. The summed E-state index contributed by atoms with van der Waals surface area (Å²) in [7, 11) is 0. The van der Waals surface area contributed by atoms with E-state index in [9.17, 15) is 14.0 Å². The number of carbonyl (C=O) groups is 2. The van der Waals surface area contributed by atoms with Gasteiger partial charge in [-0.15, -0.1) is 0 Å². The van der Waals surface area contributed by atoms with Crippen LogP contribution in [-0.4, -0.2) is 23.0 Å². The fraction of sp³-hybridized carbons (Fsp3) is 0. The third kappa shape index (κ3) is 5.05. The lowest BCUT2D eigenvalue weighted by atomic mass is 10.1. The van der Waals surface area contributed by atoms with E-state index in [-0.39, 0.29) is 0 Å². The SMILES string of the molecule is O=C(N/N=C\c1cccnc1)c1cccc(NC(=O)c2ccc(F)cc2)c1. The van der Waals surface area contributed by atoms with E-state index in [0.29, 0.717) is 16.8 Å². The molecule has 134 valence electrons. The first-order valence-electron chi connectivity index (χ1n) is 8.02. The number of hydrogen-bond acceptors (Lipinski definition) is 4. The van der Waals surface area contributed by atoms with Crippen LogP contribution in [0.5, 0.6) is 0 Å². The Hall–Kier alpha value is -3.87. The highest BCUT2D eigenvalue weighted by molar-refractivity contribution is 6.05. The van der Waals surface area contributed by atoms with Crippen molar-refractivity contribution < 1.29 is 14.0 Å². The minimum absolute atomic E-state index is 0.312. The molecular weight excluding hydrogens is 347 g/mol. The normalized spacial score (nSPS) is 10.6. The van der Waals surface area contributed by atoms with Gasteiger partial charge in [0.25, 0.3) is 11.8 Å². The summed E-state index contributed by atoms with van der Waals surface area (Å²) in [5, 5.41) is 6.54. The van der Waals surface area contributed by atoms with E-state index in [4.69, 9.17) is 0 Å². The molecule has 27 heavy (non-hydrogen) atoms. The molecule has 6 nitrogen and oxygen atoms in total. The van der Waals surface area contributed by atoms with Gasteiger partial charge in [-0.1, -0.05) is 12.1 Å². The predicted molar refractivity (Wildman–Crippen MR) is 100 cm³/mol. The number of nitrogens with zero attached hydrogens (tertiary/aromatic N) is 2. The molecule has 1 aromatic heterocycles. The number of nitrogens with one attached hydrogen (secondary N) is 2. The Bertz CT molecular complexity index is 973. The first kappa shape index (κ1) is 17.9. The Balaban J connectivity index is 1.64. The van der Waals surface area contributed by atoms with Crippen LogP contribution in [0.3, 0.4) is 0 Å². The van der Waals surface area contributed by atoms with Crippen molar-refractivity contribution in [2.75, 3.05) is 5.32 Å². The number of hydrazone groups is 1. The maximum atomic E-state index is 12.9. The number of hydrogen-bond donors (Lipinski definition) is 2. The van der Waals surface area contributed by atoms with Crippen molar-refractivity contribution >= 4 is 23.7 Å². The molecule has 2 N–H and O–H groups in total. The van der Waals surface area contributed by atoms with E-state index in [2.05, 4.69) is 20.8 Å². The van der Waals surface area contributed by atoms with E-state index >= 15 is 0 Å². The molecular formula is C20H15FN4O2. The Morgan fingerprint density at radius 2 is 1.78 bits per heavy atom. The van der Waals surface area contributed by atoms with Crippen LogP contribution in [0, 0.1) is 5.82 Å². The number of pyridine rings is 1. The summed E-state index contributed by atoms with van der Waals surface area (Å²) >= 11 is 0. The zero-order valence-corrected chi connectivity index (χ0v) is 14.1. The number of aromatic nitrogens is 1. The van der Waals surface area contributed by atoms with Gasteiger partial charge < -0.3 is 5.32 Å². The maximum absolute atomic E-state index is 12.9. The first-order chi connectivity index (χ1) is 13.1. The lowest BCUT2D eigenvalue weighted by molar-refractivity contribution is 0.0953. The highest BCUT2D eigenvalue weighted by Crippen LogP contribution is 2.13. The molecule has 2 amide bonds. The molecule has 0 aliphatic carbocycles. The quantitative estimate of drug-likeness (QED) is 0.540. The molecule has 0 radical (unpaired) electrons. The van der Waals surface area contributed by atoms with Crippen molar-refractivity contribution in [1.29, 1.82) is 0 Å². The average Bonchev–Trinajstić information content (AvgIpc) is 2.69. The molecule has 0 fully saturated rings. The second-order valence-electron chi connectivity index (χ2n) is 5.53. The Morgan fingerprint density at radius 3 is 2.52 bits per heavy atom. The van der Waals surface area contributed by atoms with Crippen LogP contribution in [0.2, 0.25) is 0 Å². The molecule has 2 aromatic carbocycles. The molecule has 0 aliphatic heterocycles. The lowest BCUT2D eigenvalue weighted by Crippen LogP contribution is -2.18. The Morgan fingerprint density at radius 1 is 0.963 bits per heavy atom. The first-order valence-corrected chi connectivity index (χ1v) is 8.02. The minimum atomic E-state index is -0.423. The van der Waals surface area contributed by atoms with Gasteiger partial charge in [0.05, 0.1) is 6.21 Å². The topological polar surface area (TPSA) is 83.4 Å². The highest BCUT2D eigenvalue weighted by atomic mass is 19.1. The lowest BCUT2D eigenvalue weighted by Gasteiger charge is -2.07. The average molecular weight is 362 g/mol. The number of benzene rings is 2. The van der Waals surface area contributed by atoms with Gasteiger partial charge in [-0.2, -0.15) is 5.10 Å². The predicted octanol–water partition coefficient (Wildman–Crippen LogP) is 3.24. The third-order valence-corrected chi connectivity index (χ3v) is 3.55. The van der Waals surface area contributed by atoms with Crippen molar-refractivity contribution in [1.82, 2.24) is 10.4 Å². The smallest absolute Gasteiger partial charge is 0.271 e. The van der Waals surface area contributed by atoms with Crippen molar-refractivity contribution in [3.05, 3.63) is 95.6 Å². The highest BCUT2D eigenvalue weighted by Gasteiger charge is 2.09. The second-order valence-corrected chi connectivity index (χ2v) is 5.53. The van der Waals surface area contributed by atoms with Gasteiger partial charge in [-0.25, -0.2) is 9.82 Å². The van der Waals surface area contributed by atoms with Crippen molar-refractivity contribution in [3.8, 4) is 0 Å². The maximum Gasteiger partial charge on any atom is 0.271 e. The van der Waals surface area contributed by atoms with Gasteiger partial charge in [0.1, 0.15) is 5.82 Å². The summed E-state index contributed by atoms with van der Waals surface area (Å²) in [5.74, 6) is -1.24. The summed E-state index contributed by atoms with van der Waals surface area (Å²) in [6.07, 6.45) is 4.73. The van der Waals surface area contributed by atoms with E-state index in [1.165, 1.54) is 36.5 Å². The van der Waals surface area contributed by atoms with Crippen LogP contribution < -0.4 is 10.7 Å². The van der Waals surface area contributed by atoms with Crippen LogP contribution in [0.15, 0.2) is 78.2 Å². The minimum Gasteiger partial charge on any atom is -0.322 e. The molecule has 3 rings (SSSR count). The monoisotopic (exact) mass is 362 g/mol. The molecule has 0 saturated carbocycles. The molecule has 0 aliphatic rings. The van der Waals surface area contributed by atoms with Crippen LogP contribution in [0.4, 0.5) is 10.1 Å². The molecule has 3 aromatic rings. The molecule has 0 saturated heterocycles. The number of rotatable bonds is 5. The fourth-order valence-electron chi connectivity index (χ4n) is 2.23. The van der Waals surface area contributed by atoms with Crippen LogP contribution in [-0.2, 0) is 0 Å². The number of halogens is 1. The van der Waals surface area contributed by atoms with Gasteiger partial charge >= 0.3 is 0 Å². The zero-order chi connectivity index (χ0) is 19.1. The third-order valence-electron chi connectivity index (χ3n) is 3.55. The molecule has 0 bridgehead atoms. The van der Waals surface area contributed by atoms with E-state index in [1.54, 1.807) is 42.7 Å². The standard InChI is InChI=1S/C20H15FN4O2/c21-17-8-6-15(7-9-17)19(26)24-18-5-1-4-16(11-18)20(27)25-23-13-14-3-2-10-22-12-14/h1-13H,(H,24,26)(H,25,27)/b23-13-. The molecule has 1 heterocycles. The Labute approximate surface area is 154 Å². The summed E-state index contributed by atoms with van der Waals surface area (Å²) in [5.41, 5.74) is 4.24. The molecule has 0 atom stereocenters. The molecule has 7 heteroatoms. The van der Waals surface area contributed by atoms with Crippen LogP contribution in [0.25, 0.3) is 0 Å². The summed E-state index contributed by atoms with van der Waals surface area (Å²) in [4.78, 5) is 28.3. The fourth-order valence-corrected chi connectivity index (χ4v) is 2.23. The largest absolute Gasteiger partial charge is 0.322 e. The van der Waals surface area contributed by atoms with Gasteiger partial charge in [0.2, 0.25) is 0 Å². The van der Waals surface area contributed by atoms with Crippen LogP contribution in [0.1, 0.15) is 26.3 Å². The van der Waals surface area contributed by atoms with E-state index in [1.807, 2.05) is 0 Å². The molecule has 0 spiro atoms. The van der Waals surface area contributed by atoms with Gasteiger partial charge in [-0.05, 0) is 48.5 Å². The number of amides is 2. The Kier molecular flexibility index (Phi) is 5.64. The van der Waals surface area contributed by atoms with E-state index < -0.39 is 17.6 Å². The van der Waals surface area contributed by atoms with Gasteiger partial charge in [0.15, 0.2) is 0 Å². The van der Waals surface area contributed by atoms with Crippen molar-refractivity contribution in [3.63, 3.8) is 0 Å². The molecule has 0 unspecified atom stereocenters. The second kappa shape index (κ2) is 8.48. The summed E-state index contributed by atoms with van der Waals surface area (Å²) < 4.78 is 12.9.